The first-order chi connectivity index (χ1) is 8.58. The van der Waals surface area contributed by atoms with Gasteiger partial charge in [-0.3, -0.25) is 9.69 Å². The number of amides is 1. The summed E-state index contributed by atoms with van der Waals surface area (Å²) in [6, 6.07) is 0. The van der Waals surface area contributed by atoms with Gasteiger partial charge in [-0.05, 0) is 0 Å². The van der Waals surface area contributed by atoms with Gasteiger partial charge >= 0.3 is 12.1 Å². The van der Waals surface area contributed by atoms with Gasteiger partial charge in [0.05, 0.1) is 6.61 Å². The van der Waals surface area contributed by atoms with Crippen LogP contribution in [0.25, 0.3) is 0 Å². The lowest BCUT2D eigenvalue weighted by Gasteiger charge is -2.20. The quantitative estimate of drug-likeness (QED) is 0.697. The Balaban J connectivity index is 2.12. The molecule has 0 unspecified atom stereocenters. The van der Waals surface area contributed by atoms with E-state index in [0.29, 0.717) is 0 Å². The molecular formula is C10H15NO7. The molecule has 0 saturated carbocycles. The number of nitrogens with zero attached hydrogens (tertiary/aromatic N) is 1. The average molecular weight is 261 g/mol. The minimum absolute atomic E-state index is 0.282. The molecule has 8 nitrogen and oxygen atoms in total. The van der Waals surface area contributed by atoms with Crippen molar-refractivity contribution in [3.63, 3.8) is 0 Å². The second-order valence-corrected chi connectivity index (χ2v) is 4.09. The first kappa shape index (κ1) is 13.1. The van der Waals surface area contributed by atoms with E-state index in [1.807, 2.05) is 0 Å². The molecule has 2 aliphatic heterocycles. The number of rotatable bonds is 5. The van der Waals surface area contributed by atoms with E-state index in [-0.39, 0.29) is 12.7 Å². The van der Waals surface area contributed by atoms with Crippen molar-refractivity contribution in [2.75, 3.05) is 27.4 Å². The Hall–Kier alpha value is -1.38. The molecule has 0 bridgehead atoms. The molecular weight excluding hydrogens is 246 g/mol. The van der Waals surface area contributed by atoms with Crippen molar-refractivity contribution in [2.24, 2.45) is 0 Å². The molecule has 2 fully saturated rings. The molecule has 4 atom stereocenters. The second kappa shape index (κ2) is 5.09. The summed E-state index contributed by atoms with van der Waals surface area (Å²) >= 11 is 0. The van der Waals surface area contributed by atoms with E-state index < -0.39 is 37.0 Å². The summed E-state index contributed by atoms with van der Waals surface area (Å²) in [5.74, 6) is -1.12. The zero-order valence-electron chi connectivity index (χ0n) is 10.1. The molecule has 0 aromatic rings. The highest BCUT2D eigenvalue weighted by Crippen LogP contribution is 2.34. The van der Waals surface area contributed by atoms with Crippen molar-refractivity contribution in [1.82, 2.24) is 4.90 Å². The van der Waals surface area contributed by atoms with Crippen LogP contribution in [0.1, 0.15) is 0 Å². The SMILES string of the molecule is COC[C@H]1O[C@H]2[C@H](OC(=O)N2CC(=O)O)[C@H]1OC. The zero-order chi connectivity index (χ0) is 13.3. The minimum atomic E-state index is -1.12. The van der Waals surface area contributed by atoms with Gasteiger partial charge in [0.15, 0.2) is 12.3 Å². The maximum absolute atomic E-state index is 11.5. The number of carboxylic acids is 1. The van der Waals surface area contributed by atoms with Gasteiger partial charge in [0, 0.05) is 14.2 Å². The molecule has 8 heteroatoms. The van der Waals surface area contributed by atoms with Gasteiger partial charge in [0.25, 0.3) is 0 Å². The molecule has 0 aromatic carbocycles. The molecule has 1 amide bonds. The highest BCUT2D eigenvalue weighted by Gasteiger charge is 2.56. The maximum Gasteiger partial charge on any atom is 0.413 e. The van der Waals surface area contributed by atoms with Crippen LogP contribution in [0.2, 0.25) is 0 Å². The summed E-state index contributed by atoms with van der Waals surface area (Å²) in [6.45, 7) is -0.180. The monoisotopic (exact) mass is 261 g/mol. The second-order valence-electron chi connectivity index (χ2n) is 4.09. The number of carbonyl (C=O) groups is 2. The summed E-state index contributed by atoms with van der Waals surface area (Å²) in [6.07, 6.45) is -2.91. The number of carbonyl (C=O) groups excluding carboxylic acids is 1. The fourth-order valence-corrected chi connectivity index (χ4v) is 2.26. The molecule has 2 rings (SSSR count). The number of hydrogen-bond donors (Lipinski definition) is 1. The van der Waals surface area contributed by atoms with Crippen LogP contribution in [0.5, 0.6) is 0 Å². The predicted octanol–water partition coefficient (Wildman–Crippen LogP) is -0.722. The summed E-state index contributed by atoms with van der Waals surface area (Å²) in [5.41, 5.74) is 0. The molecule has 0 radical (unpaired) electrons. The van der Waals surface area contributed by atoms with Gasteiger partial charge < -0.3 is 24.1 Å². The smallest absolute Gasteiger partial charge is 0.413 e. The Morgan fingerprint density at radius 2 is 2.22 bits per heavy atom. The van der Waals surface area contributed by atoms with Gasteiger partial charge in [-0.2, -0.15) is 0 Å². The van der Waals surface area contributed by atoms with E-state index >= 15 is 0 Å². The minimum Gasteiger partial charge on any atom is -0.480 e. The lowest BCUT2D eigenvalue weighted by molar-refractivity contribution is -0.140. The predicted molar refractivity (Wildman–Crippen MR) is 55.9 cm³/mol. The molecule has 0 aromatic heterocycles. The molecule has 2 heterocycles. The molecule has 0 spiro atoms. The van der Waals surface area contributed by atoms with E-state index in [2.05, 4.69) is 0 Å². The van der Waals surface area contributed by atoms with Crippen LogP contribution in [-0.2, 0) is 23.7 Å². The molecule has 2 saturated heterocycles. The van der Waals surface area contributed by atoms with E-state index in [1.54, 1.807) is 0 Å². The number of fused-ring (bicyclic) bond motifs is 1. The number of carboxylic acid groups (broad SMARTS) is 1. The highest BCUT2D eigenvalue weighted by atomic mass is 16.7. The summed E-state index contributed by atoms with van der Waals surface area (Å²) in [7, 11) is 3.00. The van der Waals surface area contributed by atoms with Crippen molar-refractivity contribution in [1.29, 1.82) is 0 Å². The third kappa shape index (κ3) is 2.14. The third-order valence-electron chi connectivity index (χ3n) is 2.97. The maximum atomic E-state index is 11.5. The lowest BCUT2D eigenvalue weighted by atomic mass is 10.1. The van der Waals surface area contributed by atoms with Crippen LogP contribution in [0.3, 0.4) is 0 Å². The van der Waals surface area contributed by atoms with E-state index in [0.717, 1.165) is 4.90 Å². The van der Waals surface area contributed by atoms with Crippen LogP contribution in [0.15, 0.2) is 0 Å². The van der Waals surface area contributed by atoms with Crippen molar-refractivity contribution >= 4 is 12.1 Å². The largest absolute Gasteiger partial charge is 0.480 e. The summed E-state index contributed by atoms with van der Waals surface area (Å²) in [5, 5.41) is 8.74. The topological polar surface area (TPSA) is 94.5 Å². The Bertz CT molecular complexity index is 347. The number of hydrogen-bond acceptors (Lipinski definition) is 6. The van der Waals surface area contributed by atoms with Crippen LogP contribution in [-0.4, -0.2) is 74.0 Å². The summed E-state index contributed by atoms with van der Waals surface area (Å²) < 4.78 is 20.9. The molecule has 0 aliphatic carbocycles. The van der Waals surface area contributed by atoms with Gasteiger partial charge in [0.2, 0.25) is 0 Å². The first-order valence-corrected chi connectivity index (χ1v) is 5.44. The number of methoxy groups -OCH3 is 2. The normalized spacial score (nSPS) is 34.6. The molecule has 18 heavy (non-hydrogen) atoms. The molecule has 2 aliphatic rings. The van der Waals surface area contributed by atoms with Gasteiger partial charge in [-0.25, -0.2) is 4.79 Å². The van der Waals surface area contributed by atoms with Gasteiger partial charge in [-0.1, -0.05) is 0 Å². The van der Waals surface area contributed by atoms with Gasteiger partial charge in [-0.15, -0.1) is 0 Å². The highest BCUT2D eigenvalue weighted by molar-refractivity contribution is 5.78. The lowest BCUT2D eigenvalue weighted by Crippen LogP contribution is -2.39. The van der Waals surface area contributed by atoms with E-state index in [4.69, 9.17) is 24.1 Å². The fraction of sp³-hybridized carbons (Fsp3) is 0.800. The zero-order valence-corrected chi connectivity index (χ0v) is 10.1. The van der Waals surface area contributed by atoms with Crippen LogP contribution >= 0.6 is 0 Å². The van der Waals surface area contributed by atoms with E-state index in [9.17, 15) is 9.59 Å². The van der Waals surface area contributed by atoms with E-state index in [1.165, 1.54) is 14.2 Å². The van der Waals surface area contributed by atoms with Crippen LogP contribution in [0, 0.1) is 0 Å². The first-order valence-electron chi connectivity index (χ1n) is 5.44. The fourth-order valence-electron chi connectivity index (χ4n) is 2.26. The molecule has 1 N–H and O–H groups in total. The standard InChI is InChI=1S/C10H15NO7/c1-15-4-5-7(16-2)8-9(17-5)11(3-6(12)13)10(14)18-8/h5,7-9H,3-4H2,1-2H3,(H,12,13)/t5-,7+,8-,9+/m1/s1. The third-order valence-corrected chi connectivity index (χ3v) is 2.97. The Labute approximate surface area is 103 Å². The van der Waals surface area contributed by atoms with Crippen molar-refractivity contribution in [2.45, 2.75) is 24.5 Å². The summed E-state index contributed by atoms with van der Waals surface area (Å²) in [4.78, 5) is 23.2. The average Bonchev–Trinajstić information content (AvgIpc) is 2.77. The van der Waals surface area contributed by atoms with Crippen LogP contribution in [0.4, 0.5) is 4.79 Å². The van der Waals surface area contributed by atoms with Crippen LogP contribution < -0.4 is 0 Å². The van der Waals surface area contributed by atoms with Crippen molar-refractivity contribution < 1.29 is 33.6 Å². The van der Waals surface area contributed by atoms with Crippen molar-refractivity contribution in [3.05, 3.63) is 0 Å². The van der Waals surface area contributed by atoms with Crippen molar-refractivity contribution in [3.8, 4) is 0 Å². The number of aliphatic carboxylic acids is 1. The Morgan fingerprint density at radius 3 is 2.78 bits per heavy atom. The van der Waals surface area contributed by atoms with Gasteiger partial charge in [0.1, 0.15) is 18.8 Å². The Morgan fingerprint density at radius 1 is 1.50 bits per heavy atom. The Kier molecular flexibility index (Phi) is 3.69. The number of ether oxygens (including phenoxy) is 4. The molecule has 102 valence electrons.